The van der Waals surface area contributed by atoms with Gasteiger partial charge in [0.1, 0.15) is 6.04 Å². The summed E-state index contributed by atoms with van der Waals surface area (Å²) in [6.45, 7) is 0. The molecule has 1 aromatic carbocycles. The molecule has 0 N–H and O–H groups in total. The summed E-state index contributed by atoms with van der Waals surface area (Å²) in [6, 6.07) is 10.7. The van der Waals surface area contributed by atoms with Crippen LogP contribution in [0.3, 0.4) is 0 Å². The number of hydrogen-bond acceptors (Lipinski definition) is 3. The molecule has 3 nitrogen and oxygen atoms in total. The summed E-state index contributed by atoms with van der Waals surface area (Å²) in [7, 11) is 0. The van der Waals surface area contributed by atoms with E-state index in [1.165, 1.54) is 0 Å². The first-order chi connectivity index (χ1) is 5.47. The van der Waals surface area contributed by atoms with E-state index in [4.69, 9.17) is 0 Å². The van der Waals surface area contributed by atoms with E-state index in [-0.39, 0.29) is 6.04 Å². The molecule has 0 aromatic heterocycles. The fraction of sp³-hybridized carbons (Fsp3) is 0.125. The Hall–Kier alpha value is -1.51. The highest BCUT2D eigenvalue weighted by molar-refractivity contribution is 5.67. The van der Waals surface area contributed by atoms with Gasteiger partial charge >= 0.3 is 0 Å². The van der Waals surface area contributed by atoms with Crippen molar-refractivity contribution >= 4 is 6.21 Å². The van der Waals surface area contributed by atoms with Crippen molar-refractivity contribution in [3.8, 4) is 0 Å². The molecule has 1 radical (unpaired) electrons. The predicted octanol–water partition coefficient (Wildman–Crippen LogP) is 1.98. The summed E-state index contributed by atoms with van der Waals surface area (Å²) in [5.41, 5.74) is 1.01. The molecule has 0 spiro atoms. The largest absolute Gasteiger partial charge is 0.155 e. The zero-order valence-electron chi connectivity index (χ0n) is 5.81. The Bertz CT molecular complexity index is 277. The molecule has 53 valence electrons. The third-order valence-electron chi connectivity index (χ3n) is 1.49. The monoisotopic (exact) mass is 144 g/mol. The maximum atomic E-state index is 3.88. The molecule has 0 saturated heterocycles. The second-order valence-corrected chi connectivity index (χ2v) is 2.23. The van der Waals surface area contributed by atoms with Gasteiger partial charge in [-0.3, -0.25) is 0 Å². The van der Waals surface area contributed by atoms with Crippen molar-refractivity contribution in [2.24, 2.45) is 15.4 Å². The first-order valence-corrected chi connectivity index (χ1v) is 3.37. The molecule has 1 heterocycles. The van der Waals surface area contributed by atoms with Gasteiger partial charge in [0, 0.05) is 0 Å². The Morgan fingerprint density at radius 1 is 1.36 bits per heavy atom. The first kappa shape index (κ1) is 6.22. The Kier molecular flexibility index (Phi) is 1.48. The molecule has 0 amide bonds. The van der Waals surface area contributed by atoms with Crippen LogP contribution in [0.2, 0.25) is 0 Å². The number of hydrogen-bond donors (Lipinski definition) is 0. The molecule has 0 bridgehead atoms. The van der Waals surface area contributed by atoms with Crippen molar-refractivity contribution in [2.75, 3.05) is 0 Å². The van der Waals surface area contributed by atoms with Crippen LogP contribution in [0.15, 0.2) is 39.7 Å². The molecule has 0 fully saturated rings. The van der Waals surface area contributed by atoms with Crippen molar-refractivity contribution in [3.63, 3.8) is 0 Å². The maximum Gasteiger partial charge on any atom is 0.135 e. The topological polar surface area (TPSA) is 37.1 Å². The Morgan fingerprint density at radius 2 is 2.36 bits per heavy atom. The summed E-state index contributed by atoms with van der Waals surface area (Å²) >= 11 is 0. The third-order valence-corrected chi connectivity index (χ3v) is 1.49. The summed E-state index contributed by atoms with van der Waals surface area (Å²) in [4.78, 5) is 0. The average molecular weight is 144 g/mol. The maximum absolute atomic E-state index is 3.88. The number of benzene rings is 1. The van der Waals surface area contributed by atoms with E-state index in [1.807, 2.05) is 24.3 Å². The highest BCUT2D eigenvalue weighted by atomic mass is 15.4. The van der Waals surface area contributed by atoms with Gasteiger partial charge in [0.15, 0.2) is 0 Å². The summed E-state index contributed by atoms with van der Waals surface area (Å²) in [6.07, 6.45) is 1.70. The SMILES string of the molecule is [c]1ccccc1C1C=NN=N1. The molecule has 0 saturated carbocycles. The highest BCUT2D eigenvalue weighted by Gasteiger charge is 2.09. The van der Waals surface area contributed by atoms with E-state index >= 15 is 0 Å². The lowest BCUT2D eigenvalue weighted by molar-refractivity contribution is 0.906. The lowest BCUT2D eigenvalue weighted by Crippen LogP contribution is -1.91. The van der Waals surface area contributed by atoms with Gasteiger partial charge in [-0.25, -0.2) is 0 Å². The molecule has 3 heteroatoms. The summed E-state index contributed by atoms with van der Waals surface area (Å²) in [5.74, 6) is 0. The molecule has 1 atom stereocenters. The lowest BCUT2D eigenvalue weighted by Gasteiger charge is -1.98. The molecule has 1 aromatic rings. The van der Waals surface area contributed by atoms with Crippen LogP contribution >= 0.6 is 0 Å². The highest BCUT2D eigenvalue weighted by Crippen LogP contribution is 2.17. The first-order valence-electron chi connectivity index (χ1n) is 3.37. The van der Waals surface area contributed by atoms with Crippen LogP contribution in [0.5, 0.6) is 0 Å². The molecule has 11 heavy (non-hydrogen) atoms. The zero-order chi connectivity index (χ0) is 7.52. The van der Waals surface area contributed by atoms with Gasteiger partial charge in [-0.15, -0.1) is 5.10 Å². The molecule has 0 aliphatic carbocycles. The Balaban J connectivity index is 2.30. The minimum absolute atomic E-state index is 0.0174. The number of rotatable bonds is 1. The van der Waals surface area contributed by atoms with E-state index in [9.17, 15) is 0 Å². The summed E-state index contributed by atoms with van der Waals surface area (Å²) in [5, 5.41) is 11.0. The molecule has 1 aliphatic rings. The summed E-state index contributed by atoms with van der Waals surface area (Å²) < 4.78 is 0. The van der Waals surface area contributed by atoms with E-state index in [2.05, 4.69) is 21.5 Å². The average Bonchev–Trinajstić information content (AvgIpc) is 2.58. The van der Waals surface area contributed by atoms with E-state index < -0.39 is 0 Å². The van der Waals surface area contributed by atoms with Gasteiger partial charge in [0.25, 0.3) is 0 Å². The molecular formula is C8H6N3. The second kappa shape index (κ2) is 2.62. The molecule has 1 aliphatic heterocycles. The number of nitrogens with zero attached hydrogens (tertiary/aromatic N) is 3. The molecular weight excluding hydrogens is 138 g/mol. The smallest absolute Gasteiger partial charge is 0.135 e. The van der Waals surface area contributed by atoms with Crippen molar-refractivity contribution in [2.45, 2.75) is 6.04 Å². The van der Waals surface area contributed by atoms with Crippen LogP contribution in [-0.2, 0) is 0 Å². The Labute approximate surface area is 64.5 Å². The minimum Gasteiger partial charge on any atom is -0.155 e. The fourth-order valence-electron chi connectivity index (χ4n) is 0.942. The van der Waals surface area contributed by atoms with E-state index in [0.717, 1.165) is 5.56 Å². The van der Waals surface area contributed by atoms with Crippen LogP contribution < -0.4 is 0 Å². The molecule has 1 unspecified atom stereocenters. The lowest BCUT2D eigenvalue weighted by atomic mass is 10.1. The van der Waals surface area contributed by atoms with Crippen LogP contribution in [0.25, 0.3) is 0 Å². The van der Waals surface area contributed by atoms with Crippen LogP contribution in [-0.4, -0.2) is 6.21 Å². The van der Waals surface area contributed by atoms with Gasteiger partial charge in [0.2, 0.25) is 0 Å². The van der Waals surface area contributed by atoms with Crippen LogP contribution in [0.1, 0.15) is 11.6 Å². The van der Waals surface area contributed by atoms with Crippen molar-refractivity contribution in [1.82, 2.24) is 0 Å². The standard InChI is InChI=1S/C8H6N3/c1-2-4-7(5-3-1)8-6-9-11-10-8/h1-4,6,8H. The third kappa shape index (κ3) is 1.17. The van der Waals surface area contributed by atoms with Gasteiger partial charge in [-0.05, 0) is 16.9 Å². The van der Waals surface area contributed by atoms with Crippen molar-refractivity contribution in [1.29, 1.82) is 0 Å². The van der Waals surface area contributed by atoms with Crippen molar-refractivity contribution in [3.05, 3.63) is 35.9 Å². The van der Waals surface area contributed by atoms with Crippen molar-refractivity contribution < 1.29 is 0 Å². The predicted molar refractivity (Wildman–Crippen MR) is 41.4 cm³/mol. The van der Waals surface area contributed by atoms with Gasteiger partial charge < -0.3 is 0 Å². The van der Waals surface area contributed by atoms with E-state index in [0.29, 0.717) is 0 Å². The second-order valence-electron chi connectivity index (χ2n) is 2.23. The normalized spacial score (nSPS) is 20.9. The minimum atomic E-state index is -0.0174. The Morgan fingerprint density at radius 3 is 3.00 bits per heavy atom. The molecule has 2 rings (SSSR count). The van der Waals surface area contributed by atoms with E-state index in [1.54, 1.807) is 6.21 Å². The van der Waals surface area contributed by atoms with Crippen LogP contribution in [0.4, 0.5) is 0 Å². The van der Waals surface area contributed by atoms with Crippen LogP contribution in [0, 0.1) is 6.07 Å². The van der Waals surface area contributed by atoms with Gasteiger partial charge in [0.05, 0.1) is 6.21 Å². The zero-order valence-corrected chi connectivity index (χ0v) is 5.81. The van der Waals surface area contributed by atoms with Gasteiger partial charge in [-0.1, -0.05) is 24.3 Å². The fourth-order valence-corrected chi connectivity index (χ4v) is 0.942. The van der Waals surface area contributed by atoms with Gasteiger partial charge in [-0.2, -0.15) is 5.11 Å². The quantitative estimate of drug-likeness (QED) is 0.578.